The van der Waals surface area contributed by atoms with Crippen LogP contribution in [0.1, 0.15) is 25.1 Å². The number of ether oxygens (including phenoxy) is 4. The van der Waals surface area contributed by atoms with Gasteiger partial charge in [-0.05, 0) is 38.1 Å². The van der Waals surface area contributed by atoms with Crippen LogP contribution in [0.15, 0.2) is 60.8 Å². The molecule has 0 aliphatic carbocycles. The van der Waals surface area contributed by atoms with E-state index in [9.17, 15) is 4.79 Å². The Morgan fingerprint density at radius 2 is 1.84 bits per heavy atom. The molecule has 0 N–H and O–H groups in total. The van der Waals surface area contributed by atoms with E-state index in [0.29, 0.717) is 23.9 Å². The molecular weight excluding hydrogens is 396 g/mol. The molecule has 0 amide bonds. The molecular formula is C24H24N2O5. The molecule has 0 saturated carbocycles. The fourth-order valence-corrected chi connectivity index (χ4v) is 3.50. The van der Waals surface area contributed by atoms with Gasteiger partial charge in [-0.1, -0.05) is 30.3 Å². The summed E-state index contributed by atoms with van der Waals surface area (Å²) >= 11 is 0. The van der Waals surface area contributed by atoms with Gasteiger partial charge >= 0.3 is 5.97 Å². The van der Waals surface area contributed by atoms with Gasteiger partial charge in [0.25, 0.3) is 0 Å². The lowest BCUT2D eigenvalue weighted by molar-refractivity contribution is -0.144. The molecule has 3 aromatic rings. The molecule has 1 aliphatic heterocycles. The van der Waals surface area contributed by atoms with Crippen molar-refractivity contribution in [1.29, 1.82) is 0 Å². The number of hydrogen-bond acceptors (Lipinski definition) is 7. The largest absolute Gasteiger partial charge is 0.496 e. The molecule has 1 fully saturated rings. The van der Waals surface area contributed by atoms with Crippen molar-refractivity contribution < 1.29 is 23.7 Å². The first kappa shape index (κ1) is 20.8. The lowest BCUT2D eigenvalue weighted by Crippen LogP contribution is -2.19. The molecule has 160 valence electrons. The number of rotatable bonds is 8. The third kappa shape index (κ3) is 4.22. The highest BCUT2D eigenvalue weighted by molar-refractivity contribution is 5.80. The quantitative estimate of drug-likeness (QED) is 0.404. The molecule has 2 atom stereocenters. The van der Waals surface area contributed by atoms with E-state index in [1.165, 1.54) is 0 Å². The Bertz CT molecular complexity index is 1090. The van der Waals surface area contributed by atoms with Gasteiger partial charge in [-0.3, -0.25) is 0 Å². The number of carbonyl (C=O) groups excluding carboxylic acids is 1. The molecule has 2 unspecified atom stereocenters. The van der Waals surface area contributed by atoms with Gasteiger partial charge in [-0.15, -0.1) is 0 Å². The van der Waals surface area contributed by atoms with Crippen molar-refractivity contribution in [3.05, 3.63) is 72.1 Å². The first-order valence-electron chi connectivity index (χ1n) is 10.1. The zero-order valence-corrected chi connectivity index (χ0v) is 17.7. The minimum atomic E-state index is -0.767. The average Bonchev–Trinajstić information content (AvgIpc) is 3.51. The summed E-state index contributed by atoms with van der Waals surface area (Å²) in [6.07, 6.45) is 1.06. The van der Waals surface area contributed by atoms with Crippen LogP contribution in [0.2, 0.25) is 0 Å². The normalized spacial score (nSPS) is 19.5. The average molecular weight is 420 g/mol. The number of esters is 1. The van der Waals surface area contributed by atoms with Gasteiger partial charge in [0.1, 0.15) is 23.7 Å². The Morgan fingerprint density at radius 1 is 1.10 bits per heavy atom. The van der Waals surface area contributed by atoms with Crippen molar-refractivity contribution in [2.75, 3.05) is 13.7 Å². The summed E-state index contributed by atoms with van der Waals surface area (Å²) in [7, 11) is 1.62. The van der Waals surface area contributed by atoms with Crippen molar-refractivity contribution in [3.63, 3.8) is 0 Å². The maximum atomic E-state index is 12.1. The van der Waals surface area contributed by atoms with Crippen LogP contribution in [0.5, 0.6) is 11.5 Å². The van der Waals surface area contributed by atoms with E-state index in [4.69, 9.17) is 18.9 Å². The summed E-state index contributed by atoms with van der Waals surface area (Å²) in [4.78, 5) is 21.1. The summed E-state index contributed by atoms with van der Waals surface area (Å²) < 4.78 is 22.3. The number of aromatic nitrogens is 2. The molecule has 0 radical (unpaired) electrons. The third-order valence-electron chi connectivity index (χ3n) is 5.16. The molecule has 1 aliphatic rings. The second-order valence-corrected chi connectivity index (χ2v) is 7.21. The van der Waals surface area contributed by atoms with Gasteiger partial charge in [0.15, 0.2) is 11.9 Å². The predicted octanol–water partition coefficient (Wildman–Crippen LogP) is 3.91. The van der Waals surface area contributed by atoms with Gasteiger partial charge in [0.2, 0.25) is 0 Å². The molecule has 7 nitrogen and oxygen atoms in total. The predicted molar refractivity (Wildman–Crippen MR) is 114 cm³/mol. The monoisotopic (exact) mass is 420 g/mol. The van der Waals surface area contributed by atoms with Crippen LogP contribution in [-0.2, 0) is 26.5 Å². The van der Waals surface area contributed by atoms with E-state index in [-0.39, 0.29) is 12.6 Å². The molecule has 2 aromatic carbocycles. The molecule has 7 heteroatoms. The van der Waals surface area contributed by atoms with Crippen LogP contribution in [0.4, 0.5) is 0 Å². The van der Waals surface area contributed by atoms with Crippen molar-refractivity contribution in [2.24, 2.45) is 0 Å². The maximum absolute atomic E-state index is 12.1. The minimum Gasteiger partial charge on any atom is -0.496 e. The number of epoxide rings is 1. The highest BCUT2D eigenvalue weighted by Gasteiger charge is 2.60. The van der Waals surface area contributed by atoms with E-state index in [2.05, 4.69) is 9.97 Å². The topological polar surface area (TPSA) is 83.1 Å². The Hall–Kier alpha value is -3.45. The van der Waals surface area contributed by atoms with E-state index in [0.717, 1.165) is 16.8 Å². The van der Waals surface area contributed by atoms with Crippen molar-refractivity contribution in [2.45, 2.75) is 32.2 Å². The van der Waals surface area contributed by atoms with E-state index in [1.54, 1.807) is 26.3 Å². The Morgan fingerprint density at radius 3 is 2.61 bits per heavy atom. The molecule has 2 heterocycles. The highest BCUT2D eigenvalue weighted by Crippen LogP contribution is 2.49. The minimum absolute atomic E-state index is 0.238. The second-order valence-electron chi connectivity index (χ2n) is 7.21. The lowest BCUT2D eigenvalue weighted by atomic mass is 9.96. The van der Waals surface area contributed by atoms with Crippen LogP contribution in [0.25, 0.3) is 11.4 Å². The highest BCUT2D eigenvalue weighted by atomic mass is 16.7. The zero-order chi connectivity index (χ0) is 21.8. The van der Waals surface area contributed by atoms with Crippen LogP contribution in [0.3, 0.4) is 0 Å². The molecule has 0 bridgehead atoms. The second kappa shape index (κ2) is 8.73. The van der Waals surface area contributed by atoms with Gasteiger partial charge in [0, 0.05) is 11.8 Å². The molecule has 4 rings (SSSR count). The number of benzene rings is 2. The molecule has 0 spiro atoms. The van der Waals surface area contributed by atoms with Crippen LogP contribution >= 0.6 is 0 Å². The van der Waals surface area contributed by atoms with Crippen LogP contribution < -0.4 is 9.47 Å². The molecule has 31 heavy (non-hydrogen) atoms. The smallest absolute Gasteiger partial charge is 0.338 e. The number of para-hydroxylation sites is 2. The summed E-state index contributed by atoms with van der Waals surface area (Å²) in [6.45, 7) is 4.19. The Kier molecular flexibility index (Phi) is 5.86. The summed E-state index contributed by atoms with van der Waals surface area (Å²) in [5.41, 5.74) is 1.56. The van der Waals surface area contributed by atoms with E-state index >= 15 is 0 Å². The Balaban J connectivity index is 1.52. The van der Waals surface area contributed by atoms with Gasteiger partial charge in [0.05, 0.1) is 25.0 Å². The lowest BCUT2D eigenvalue weighted by Gasteiger charge is -2.14. The molecule has 1 saturated heterocycles. The summed E-state index contributed by atoms with van der Waals surface area (Å²) in [5.74, 6) is 1.53. The van der Waals surface area contributed by atoms with Crippen molar-refractivity contribution in [3.8, 4) is 22.9 Å². The number of hydrogen-bond donors (Lipinski definition) is 0. The number of nitrogens with zero attached hydrogens (tertiary/aromatic N) is 2. The number of methoxy groups -OCH3 is 1. The van der Waals surface area contributed by atoms with Gasteiger partial charge < -0.3 is 18.9 Å². The first-order chi connectivity index (χ1) is 15.1. The van der Waals surface area contributed by atoms with Gasteiger partial charge in [-0.2, -0.15) is 0 Å². The Labute approximate surface area is 181 Å². The fourth-order valence-electron chi connectivity index (χ4n) is 3.50. The van der Waals surface area contributed by atoms with Crippen molar-refractivity contribution >= 4 is 5.97 Å². The maximum Gasteiger partial charge on any atom is 0.338 e. The SMILES string of the molecule is CCOC(=O)C1OC1(C)c1ccccc1OCc1ccnc(-c2ccccc2OC)n1. The van der Waals surface area contributed by atoms with Gasteiger partial charge in [-0.25, -0.2) is 14.8 Å². The summed E-state index contributed by atoms with van der Waals surface area (Å²) in [5, 5.41) is 0. The first-order valence-corrected chi connectivity index (χ1v) is 10.1. The summed E-state index contributed by atoms with van der Waals surface area (Å²) in [6, 6.07) is 16.9. The van der Waals surface area contributed by atoms with Crippen molar-refractivity contribution in [1.82, 2.24) is 9.97 Å². The molecule has 1 aromatic heterocycles. The van der Waals surface area contributed by atoms with Crippen LogP contribution in [-0.4, -0.2) is 35.8 Å². The fraction of sp³-hybridized carbons (Fsp3) is 0.292. The van der Waals surface area contributed by atoms with Crippen LogP contribution in [0, 0.1) is 0 Å². The number of carbonyl (C=O) groups is 1. The van der Waals surface area contributed by atoms with E-state index in [1.807, 2.05) is 55.5 Å². The standard InChI is InChI=1S/C24H24N2O5/c1-4-29-23(27)21-24(2,31-21)18-10-6-8-12-20(18)30-15-16-13-14-25-22(26-16)17-9-5-7-11-19(17)28-3/h5-14,21H,4,15H2,1-3H3. The zero-order valence-electron chi connectivity index (χ0n) is 17.7. The van der Waals surface area contributed by atoms with E-state index < -0.39 is 11.7 Å². The third-order valence-corrected chi connectivity index (χ3v) is 5.16.